The van der Waals surface area contributed by atoms with Crippen LogP contribution in [0.15, 0.2) is 61.2 Å². The van der Waals surface area contributed by atoms with Crippen molar-refractivity contribution in [3.8, 4) is 11.5 Å². The highest BCUT2D eigenvalue weighted by molar-refractivity contribution is 5.68. The summed E-state index contributed by atoms with van der Waals surface area (Å²) in [6.07, 6.45) is 0.744. The number of ether oxygens (including phenoxy) is 3. The number of aliphatic hydroxyl groups excluding tert-OH is 1. The molecule has 2 aromatic rings. The highest BCUT2D eigenvalue weighted by Crippen LogP contribution is 2.24. The summed E-state index contributed by atoms with van der Waals surface area (Å²) in [6.45, 7) is 10.2. The summed E-state index contributed by atoms with van der Waals surface area (Å²) in [5, 5.41) is 17.0. The summed E-state index contributed by atoms with van der Waals surface area (Å²) in [5.74, 6) is 1.43. The van der Waals surface area contributed by atoms with Gasteiger partial charge in [-0.05, 0) is 51.0 Å². The highest BCUT2D eigenvalue weighted by atomic mass is 16.6. The Morgan fingerprint density at radius 1 is 1.18 bits per heavy atom. The standard InChI is InChI=1S/C26H36N2O5/c1-6-14-32-24-13-12-21(31-5)16-20(24)17-27-18-23(29)22(15-19-10-8-7-9-11-19)28-25(30)33-26(2,3)4/h6-13,16,22-23,27,29H,1,14-15,17-18H2,2-5H3,(H,28,30)/t22-,23+/m0/s1. The molecular formula is C26H36N2O5. The number of hydrogen-bond acceptors (Lipinski definition) is 6. The summed E-state index contributed by atoms with van der Waals surface area (Å²) in [6, 6.07) is 14.7. The topological polar surface area (TPSA) is 89.0 Å². The Hall–Kier alpha value is -3.03. The number of aliphatic hydroxyl groups is 1. The third-order valence-electron chi connectivity index (χ3n) is 4.76. The number of carbonyl (C=O) groups excluding carboxylic acids is 1. The van der Waals surface area contributed by atoms with Crippen LogP contribution in [0.5, 0.6) is 11.5 Å². The second-order valence-corrected chi connectivity index (χ2v) is 8.71. The van der Waals surface area contributed by atoms with Crippen LogP contribution in [0.1, 0.15) is 31.9 Å². The molecule has 7 heteroatoms. The van der Waals surface area contributed by atoms with E-state index in [0.29, 0.717) is 31.1 Å². The van der Waals surface area contributed by atoms with Crippen molar-refractivity contribution < 1.29 is 24.1 Å². The summed E-state index contributed by atoms with van der Waals surface area (Å²) < 4.78 is 16.4. The third-order valence-corrected chi connectivity index (χ3v) is 4.76. The Labute approximate surface area is 196 Å². The molecule has 0 fully saturated rings. The number of rotatable bonds is 12. The highest BCUT2D eigenvalue weighted by Gasteiger charge is 2.25. The van der Waals surface area contributed by atoms with Gasteiger partial charge in [-0.1, -0.05) is 43.0 Å². The van der Waals surface area contributed by atoms with Crippen LogP contribution in [0.3, 0.4) is 0 Å². The van der Waals surface area contributed by atoms with Crippen LogP contribution in [-0.2, 0) is 17.7 Å². The average Bonchev–Trinajstić information content (AvgIpc) is 2.77. The smallest absolute Gasteiger partial charge is 0.407 e. The van der Waals surface area contributed by atoms with Crippen molar-refractivity contribution in [1.29, 1.82) is 0 Å². The molecule has 7 nitrogen and oxygen atoms in total. The van der Waals surface area contributed by atoms with Gasteiger partial charge in [0.15, 0.2) is 0 Å². The first-order valence-corrected chi connectivity index (χ1v) is 11.0. The first kappa shape index (κ1) is 26.2. The van der Waals surface area contributed by atoms with Crippen LogP contribution >= 0.6 is 0 Å². The number of nitrogens with one attached hydrogen (secondary N) is 2. The minimum Gasteiger partial charge on any atom is -0.497 e. The van der Waals surface area contributed by atoms with Crippen LogP contribution in [0.4, 0.5) is 4.79 Å². The van der Waals surface area contributed by atoms with Gasteiger partial charge in [0, 0.05) is 18.7 Å². The normalized spacial score (nSPS) is 13.0. The van der Waals surface area contributed by atoms with E-state index in [-0.39, 0.29) is 6.54 Å². The van der Waals surface area contributed by atoms with Crippen molar-refractivity contribution in [3.63, 3.8) is 0 Å². The molecule has 0 saturated carbocycles. The molecule has 0 bridgehead atoms. The van der Waals surface area contributed by atoms with Crippen LogP contribution in [0, 0.1) is 0 Å². The molecular weight excluding hydrogens is 420 g/mol. The maximum absolute atomic E-state index is 12.4. The minimum absolute atomic E-state index is 0.255. The zero-order chi connectivity index (χ0) is 24.3. The van der Waals surface area contributed by atoms with E-state index in [0.717, 1.165) is 11.1 Å². The van der Waals surface area contributed by atoms with Crippen molar-refractivity contribution in [1.82, 2.24) is 10.6 Å². The summed E-state index contributed by atoms with van der Waals surface area (Å²) >= 11 is 0. The van der Waals surface area contributed by atoms with E-state index in [2.05, 4.69) is 17.2 Å². The van der Waals surface area contributed by atoms with Crippen LogP contribution < -0.4 is 20.1 Å². The molecule has 0 aliphatic rings. The van der Waals surface area contributed by atoms with Gasteiger partial charge in [-0.25, -0.2) is 4.79 Å². The lowest BCUT2D eigenvalue weighted by Crippen LogP contribution is -2.49. The van der Waals surface area contributed by atoms with Crippen molar-refractivity contribution in [2.45, 2.75) is 51.5 Å². The fraction of sp³-hybridized carbons (Fsp3) is 0.423. The van der Waals surface area contributed by atoms with Crippen molar-refractivity contribution in [3.05, 3.63) is 72.3 Å². The lowest BCUT2D eigenvalue weighted by Gasteiger charge is -2.27. The molecule has 0 aromatic heterocycles. The second kappa shape index (κ2) is 12.9. The zero-order valence-electron chi connectivity index (χ0n) is 20.0. The average molecular weight is 457 g/mol. The van der Waals surface area contributed by atoms with E-state index in [1.54, 1.807) is 34.0 Å². The molecule has 2 rings (SSSR count). The van der Waals surface area contributed by atoms with Gasteiger partial charge in [0.25, 0.3) is 0 Å². The van der Waals surface area contributed by atoms with Crippen LogP contribution in [0.25, 0.3) is 0 Å². The van der Waals surface area contributed by atoms with Gasteiger partial charge in [-0.15, -0.1) is 0 Å². The quantitative estimate of drug-likeness (QED) is 0.421. The number of amides is 1. The Bertz CT molecular complexity index is 880. The minimum atomic E-state index is -0.846. The zero-order valence-corrected chi connectivity index (χ0v) is 20.0. The lowest BCUT2D eigenvalue weighted by molar-refractivity contribution is 0.0422. The summed E-state index contributed by atoms with van der Waals surface area (Å²) in [7, 11) is 1.61. The van der Waals surface area contributed by atoms with E-state index in [1.807, 2.05) is 48.5 Å². The first-order chi connectivity index (χ1) is 15.7. The van der Waals surface area contributed by atoms with Crippen molar-refractivity contribution >= 4 is 6.09 Å². The molecule has 0 spiro atoms. The Balaban J connectivity index is 2.05. The van der Waals surface area contributed by atoms with Gasteiger partial charge >= 0.3 is 6.09 Å². The van der Waals surface area contributed by atoms with Gasteiger partial charge in [-0.3, -0.25) is 0 Å². The summed E-state index contributed by atoms with van der Waals surface area (Å²) in [4.78, 5) is 12.4. The molecule has 0 heterocycles. The molecule has 0 radical (unpaired) electrons. The van der Waals surface area contributed by atoms with E-state index >= 15 is 0 Å². The molecule has 180 valence electrons. The molecule has 3 N–H and O–H groups in total. The first-order valence-electron chi connectivity index (χ1n) is 11.0. The van der Waals surface area contributed by atoms with E-state index in [9.17, 15) is 9.90 Å². The maximum Gasteiger partial charge on any atom is 0.407 e. The molecule has 0 saturated heterocycles. The number of hydrogen-bond donors (Lipinski definition) is 3. The molecule has 33 heavy (non-hydrogen) atoms. The lowest BCUT2D eigenvalue weighted by atomic mass is 10.0. The SMILES string of the molecule is C=CCOc1ccc(OC)cc1CNC[C@@H](O)[C@H](Cc1ccccc1)NC(=O)OC(C)(C)C. The predicted molar refractivity (Wildman–Crippen MR) is 130 cm³/mol. The van der Waals surface area contributed by atoms with Crippen LogP contribution in [0.2, 0.25) is 0 Å². The number of alkyl carbamates (subject to hydrolysis) is 1. The van der Waals surface area contributed by atoms with Gasteiger partial charge in [0.05, 0.1) is 19.3 Å². The van der Waals surface area contributed by atoms with Crippen molar-refractivity contribution in [2.75, 3.05) is 20.3 Å². The molecule has 0 unspecified atom stereocenters. The molecule has 0 aliphatic carbocycles. The number of methoxy groups -OCH3 is 1. The molecule has 1 amide bonds. The molecule has 2 aromatic carbocycles. The van der Waals surface area contributed by atoms with Gasteiger partial charge in [-0.2, -0.15) is 0 Å². The maximum atomic E-state index is 12.4. The monoisotopic (exact) mass is 456 g/mol. The Kier molecular flexibility index (Phi) is 10.2. The molecule has 2 atom stereocenters. The largest absolute Gasteiger partial charge is 0.497 e. The van der Waals surface area contributed by atoms with E-state index < -0.39 is 23.8 Å². The van der Waals surface area contributed by atoms with E-state index in [4.69, 9.17) is 14.2 Å². The van der Waals surface area contributed by atoms with Crippen LogP contribution in [-0.4, -0.2) is 49.2 Å². The molecule has 0 aliphatic heterocycles. The predicted octanol–water partition coefficient (Wildman–Crippen LogP) is 3.85. The van der Waals surface area contributed by atoms with Gasteiger partial charge < -0.3 is 30.0 Å². The third kappa shape index (κ3) is 9.55. The summed E-state index contributed by atoms with van der Waals surface area (Å²) in [5.41, 5.74) is 1.27. The fourth-order valence-corrected chi connectivity index (χ4v) is 3.22. The van der Waals surface area contributed by atoms with Gasteiger partial charge in [0.2, 0.25) is 0 Å². The van der Waals surface area contributed by atoms with E-state index in [1.165, 1.54) is 0 Å². The van der Waals surface area contributed by atoms with Crippen molar-refractivity contribution in [2.24, 2.45) is 0 Å². The second-order valence-electron chi connectivity index (χ2n) is 8.71. The fourth-order valence-electron chi connectivity index (χ4n) is 3.22. The van der Waals surface area contributed by atoms with Gasteiger partial charge in [0.1, 0.15) is 23.7 Å². The Morgan fingerprint density at radius 3 is 2.55 bits per heavy atom. The number of carbonyl (C=O) groups is 1. The number of benzene rings is 2. The Morgan fingerprint density at radius 2 is 1.91 bits per heavy atom.